The number of nitrogens with zero attached hydrogens (tertiary/aromatic N) is 4. The van der Waals surface area contributed by atoms with E-state index in [4.69, 9.17) is 24.0 Å². The van der Waals surface area contributed by atoms with Gasteiger partial charge in [0.05, 0.1) is 13.7 Å². The number of aliphatic hydroxyl groups excluding tert-OH is 1. The third-order valence-electron chi connectivity index (χ3n) is 9.76. The Morgan fingerprint density at radius 3 is 2.49 bits per heavy atom. The maximum absolute atomic E-state index is 14.3. The molecule has 3 aliphatic carbocycles. The van der Waals surface area contributed by atoms with Crippen molar-refractivity contribution in [2.75, 3.05) is 31.7 Å². The Labute approximate surface area is 275 Å². The van der Waals surface area contributed by atoms with Gasteiger partial charge in [-0.25, -0.2) is 14.8 Å². The first-order valence-corrected chi connectivity index (χ1v) is 16.8. The van der Waals surface area contributed by atoms with Gasteiger partial charge in [0.15, 0.2) is 17.3 Å². The van der Waals surface area contributed by atoms with Gasteiger partial charge in [-0.15, -0.1) is 0 Å². The van der Waals surface area contributed by atoms with Crippen LogP contribution in [0.5, 0.6) is 5.75 Å². The molecule has 248 valence electrons. The van der Waals surface area contributed by atoms with E-state index in [2.05, 4.69) is 16.4 Å². The van der Waals surface area contributed by atoms with Gasteiger partial charge >= 0.3 is 6.09 Å². The number of nitriles is 1. The molecule has 0 radical (unpaired) electrons. The van der Waals surface area contributed by atoms with E-state index in [0.717, 1.165) is 67.1 Å². The normalized spacial score (nSPS) is 22.6. The van der Waals surface area contributed by atoms with E-state index in [0.29, 0.717) is 55.5 Å². The molecule has 0 aliphatic heterocycles. The van der Waals surface area contributed by atoms with Crippen LogP contribution < -0.4 is 15.0 Å². The minimum atomic E-state index is -0.533. The Morgan fingerprint density at radius 1 is 1.02 bits per heavy atom. The number of anilines is 1. The fourth-order valence-corrected chi connectivity index (χ4v) is 6.93. The third-order valence-corrected chi connectivity index (χ3v) is 9.76. The second kappa shape index (κ2) is 15.0. The zero-order valence-corrected chi connectivity index (χ0v) is 26.9. The number of ether oxygens (including phenoxy) is 2. The minimum absolute atomic E-state index is 0.0989. The van der Waals surface area contributed by atoms with Crippen LogP contribution in [0.4, 0.5) is 10.5 Å². The monoisotopic (exact) mass is 641 g/mol. The van der Waals surface area contributed by atoms with Crippen molar-refractivity contribution in [1.29, 1.82) is 5.26 Å². The first-order chi connectivity index (χ1) is 22.9. The van der Waals surface area contributed by atoms with Crippen LogP contribution in [0.3, 0.4) is 0 Å². The summed E-state index contributed by atoms with van der Waals surface area (Å²) in [4.78, 5) is 37.6. The maximum Gasteiger partial charge on any atom is 0.407 e. The molecule has 2 N–H and O–H groups in total. The van der Waals surface area contributed by atoms with Crippen LogP contribution in [0.15, 0.2) is 47.1 Å². The van der Waals surface area contributed by atoms with E-state index in [1.807, 2.05) is 41.3 Å². The highest BCUT2D eigenvalue weighted by Crippen LogP contribution is 2.41. The van der Waals surface area contributed by atoms with E-state index < -0.39 is 6.09 Å². The Kier molecular flexibility index (Phi) is 10.4. The van der Waals surface area contributed by atoms with Gasteiger partial charge in [-0.05, 0) is 94.4 Å². The minimum Gasteiger partial charge on any atom is -0.494 e. The smallest absolute Gasteiger partial charge is 0.407 e. The summed E-state index contributed by atoms with van der Waals surface area (Å²) in [5.74, 6) is 2.19. The molecule has 3 aliphatic rings. The number of rotatable bonds is 11. The number of oxazole rings is 1. The number of alkyl carbamates (subject to hydrolysis) is 1. The number of amides is 2. The summed E-state index contributed by atoms with van der Waals surface area (Å²) in [5, 5.41) is 21.0. The van der Waals surface area contributed by atoms with Gasteiger partial charge in [-0.2, -0.15) is 5.26 Å². The van der Waals surface area contributed by atoms with Crippen LogP contribution in [-0.2, 0) is 9.53 Å². The zero-order valence-electron chi connectivity index (χ0n) is 26.9. The molecule has 3 fully saturated rings. The first-order valence-electron chi connectivity index (χ1n) is 16.8. The molecule has 2 amide bonds. The SMILES string of the molecule is COc1ccc([C@H]2CC[C@H](CN(c3cccc(-c4coc(C5CC5)n4)c3)C(=O)[C@H]3CC[C@H](OC(=O)NCCO)CC3)CC2)nc1C#N. The summed E-state index contributed by atoms with van der Waals surface area (Å²) >= 11 is 0. The number of carbonyl (C=O) groups excluding carboxylic acids is 2. The van der Waals surface area contributed by atoms with Crippen LogP contribution in [-0.4, -0.2) is 60.0 Å². The number of benzene rings is 1. The zero-order chi connectivity index (χ0) is 32.8. The van der Waals surface area contributed by atoms with Gasteiger partial charge in [0.25, 0.3) is 0 Å². The van der Waals surface area contributed by atoms with Crippen LogP contribution in [0.25, 0.3) is 11.3 Å². The van der Waals surface area contributed by atoms with E-state index >= 15 is 0 Å². The Bertz CT molecular complexity index is 1580. The molecular formula is C36H43N5O6. The summed E-state index contributed by atoms with van der Waals surface area (Å²) < 4.78 is 16.6. The molecule has 2 heterocycles. The summed E-state index contributed by atoms with van der Waals surface area (Å²) in [7, 11) is 1.54. The molecule has 47 heavy (non-hydrogen) atoms. The second-order valence-corrected chi connectivity index (χ2v) is 13.0. The highest BCUT2D eigenvalue weighted by atomic mass is 16.6. The number of hydrogen-bond acceptors (Lipinski definition) is 9. The lowest BCUT2D eigenvalue weighted by Crippen LogP contribution is -2.42. The number of pyridine rings is 1. The molecule has 11 heteroatoms. The highest BCUT2D eigenvalue weighted by molar-refractivity contribution is 5.95. The average molecular weight is 642 g/mol. The quantitative estimate of drug-likeness (QED) is 0.254. The molecule has 0 unspecified atom stereocenters. The maximum atomic E-state index is 14.3. The molecule has 0 atom stereocenters. The van der Waals surface area contributed by atoms with Crippen molar-refractivity contribution in [2.24, 2.45) is 11.8 Å². The van der Waals surface area contributed by atoms with Gasteiger partial charge < -0.3 is 29.2 Å². The standard InChI is InChI=1S/C36H43N5O6/c1-45-33-16-15-30(39-31(33)20-37)24-7-5-23(6-8-24)21-41(35(43)26-11-13-29(14-12-26)47-36(44)38-17-18-42)28-4-2-3-27(19-28)32-22-46-34(40-32)25-9-10-25/h2-4,15-16,19,22-26,29,42H,5-14,17-18,21H2,1H3,(H,38,44)/t23-,24-,26-,29-. The van der Waals surface area contributed by atoms with Crippen molar-refractivity contribution in [2.45, 2.75) is 82.1 Å². The fourth-order valence-electron chi connectivity index (χ4n) is 6.93. The summed E-state index contributed by atoms with van der Waals surface area (Å²) in [6, 6.07) is 14.0. The van der Waals surface area contributed by atoms with Gasteiger partial charge in [-0.1, -0.05) is 12.1 Å². The Hall–Kier alpha value is -4.43. The predicted octanol–water partition coefficient (Wildman–Crippen LogP) is 6.08. The molecular weight excluding hydrogens is 598 g/mol. The van der Waals surface area contributed by atoms with Crippen LogP contribution in [0.1, 0.15) is 93.3 Å². The lowest BCUT2D eigenvalue weighted by Gasteiger charge is -2.36. The van der Waals surface area contributed by atoms with Crippen molar-refractivity contribution in [3.63, 3.8) is 0 Å². The molecule has 0 bridgehead atoms. The number of hydrogen-bond donors (Lipinski definition) is 2. The number of aliphatic hydroxyl groups is 1. The summed E-state index contributed by atoms with van der Waals surface area (Å²) in [6.07, 6.45) is 9.41. The van der Waals surface area contributed by atoms with Crippen molar-refractivity contribution < 1.29 is 28.6 Å². The van der Waals surface area contributed by atoms with Crippen molar-refractivity contribution in [1.82, 2.24) is 15.3 Å². The average Bonchev–Trinajstić information content (AvgIpc) is 3.85. The summed E-state index contributed by atoms with van der Waals surface area (Å²) in [6.45, 7) is 0.616. The largest absolute Gasteiger partial charge is 0.494 e. The van der Waals surface area contributed by atoms with Crippen molar-refractivity contribution in [3.05, 3.63) is 59.9 Å². The van der Waals surface area contributed by atoms with Gasteiger partial charge in [0.2, 0.25) is 5.91 Å². The van der Waals surface area contributed by atoms with Crippen LogP contribution >= 0.6 is 0 Å². The van der Waals surface area contributed by atoms with Crippen molar-refractivity contribution in [3.8, 4) is 23.1 Å². The number of aromatic nitrogens is 2. The van der Waals surface area contributed by atoms with E-state index in [1.54, 1.807) is 13.4 Å². The topological polar surface area (TPSA) is 151 Å². The van der Waals surface area contributed by atoms with E-state index in [1.165, 1.54) is 0 Å². The van der Waals surface area contributed by atoms with Gasteiger partial charge in [0.1, 0.15) is 24.1 Å². The van der Waals surface area contributed by atoms with E-state index in [-0.39, 0.29) is 37.0 Å². The molecule has 3 saturated carbocycles. The lowest BCUT2D eigenvalue weighted by atomic mass is 9.79. The molecule has 1 aromatic carbocycles. The molecule has 11 nitrogen and oxygen atoms in total. The second-order valence-electron chi connectivity index (χ2n) is 13.0. The highest BCUT2D eigenvalue weighted by Gasteiger charge is 2.34. The lowest BCUT2D eigenvalue weighted by molar-refractivity contribution is -0.124. The number of nitrogens with one attached hydrogen (secondary N) is 1. The third kappa shape index (κ3) is 7.93. The van der Waals surface area contributed by atoms with E-state index in [9.17, 15) is 14.9 Å². The van der Waals surface area contributed by atoms with Crippen LogP contribution in [0.2, 0.25) is 0 Å². The van der Waals surface area contributed by atoms with Gasteiger partial charge in [-0.3, -0.25) is 4.79 Å². The fraction of sp³-hybridized carbons (Fsp3) is 0.528. The van der Waals surface area contributed by atoms with Crippen molar-refractivity contribution >= 4 is 17.7 Å². The Balaban J connectivity index is 1.16. The molecule has 0 spiro atoms. The van der Waals surface area contributed by atoms with Gasteiger partial charge in [0, 0.05) is 47.8 Å². The van der Waals surface area contributed by atoms with Crippen LogP contribution in [0, 0.1) is 23.2 Å². The molecule has 0 saturated heterocycles. The Morgan fingerprint density at radius 2 is 1.79 bits per heavy atom. The predicted molar refractivity (Wildman–Crippen MR) is 174 cm³/mol. The molecule has 6 rings (SSSR count). The number of methoxy groups -OCH3 is 1. The molecule has 2 aromatic heterocycles. The number of carbonyl (C=O) groups is 2. The summed E-state index contributed by atoms with van der Waals surface area (Å²) in [5.41, 5.74) is 3.78. The molecule has 3 aromatic rings. The first kappa shape index (κ1) is 32.5.